The van der Waals surface area contributed by atoms with Crippen LogP contribution in [-0.2, 0) is 6.18 Å². The summed E-state index contributed by atoms with van der Waals surface area (Å²) in [5.41, 5.74) is 17.2. The van der Waals surface area contributed by atoms with Crippen LogP contribution in [0, 0.1) is 22.7 Å². The first-order chi connectivity index (χ1) is 46.2. The Bertz CT molecular complexity index is 5160. The van der Waals surface area contributed by atoms with Gasteiger partial charge in [0.1, 0.15) is 0 Å². The predicted molar refractivity (Wildman–Crippen MR) is 370 cm³/mol. The van der Waals surface area contributed by atoms with Gasteiger partial charge >= 0.3 is 6.18 Å². The van der Waals surface area contributed by atoms with Crippen molar-refractivity contribution in [3.05, 3.63) is 314 Å². The van der Waals surface area contributed by atoms with E-state index in [0.717, 1.165) is 123 Å². The molecular formula is C83H49F3N8. The van der Waals surface area contributed by atoms with Gasteiger partial charge in [0.2, 0.25) is 0 Å². The van der Waals surface area contributed by atoms with E-state index in [9.17, 15) is 10.5 Å². The number of nitrogens with zero attached hydrogens (tertiary/aromatic N) is 8. The van der Waals surface area contributed by atoms with Crippen molar-refractivity contribution in [2.45, 2.75) is 6.18 Å². The van der Waals surface area contributed by atoms with Gasteiger partial charge in [0.15, 0.2) is 0 Å². The number of aromatic nitrogens is 6. The lowest BCUT2D eigenvalue weighted by Gasteiger charge is -2.22. The fourth-order valence-electron chi connectivity index (χ4n) is 13.4. The number of nitriles is 2. The van der Waals surface area contributed by atoms with Crippen LogP contribution in [0.25, 0.3) is 156 Å². The van der Waals surface area contributed by atoms with Crippen LogP contribution in [0.2, 0.25) is 0 Å². The zero-order chi connectivity index (χ0) is 63.4. The van der Waals surface area contributed by atoms with Crippen molar-refractivity contribution in [1.29, 1.82) is 10.5 Å². The van der Waals surface area contributed by atoms with Gasteiger partial charge in [-0.2, -0.15) is 23.7 Å². The smallest absolute Gasteiger partial charge is 0.308 e. The number of hydrogen-bond acceptors (Lipinski definition) is 6. The molecule has 0 unspecified atom stereocenters. The van der Waals surface area contributed by atoms with Gasteiger partial charge in [-0.1, -0.05) is 170 Å². The molecule has 0 spiro atoms. The van der Waals surface area contributed by atoms with Crippen LogP contribution in [0.3, 0.4) is 0 Å². The van der Waals surface area contributed by atoms with Gasteiger partial charge in [-0.25, -0.2) is 0 Å². The van der Waals surface area contributed by atoms with Crippen LogP contribution in [0.4, 0.5) is 13.2 Å². The highest BCUT2D eigenvalue weighted by Gasteiger charge is 2.33. The number of alkyl halides is 3. The average Bonchev–Trinajstić information content (AvgIpc) is 1.55. The summed E-state index contributed by atoms with van der Waals surface area (Å²) >= 11 is 0. The lowest BCUT2D eigenvalue weighted by molar-refractivity contribution is -0.137. The molecule has 6 heterocycles. The van der Waals surface area contributed by atoms with Gasteiger partial charge in [0.25, 0.3) is 0 Å². The third-order valence-corrected chi connectivity index (χ3v) is 17.6. The summed E-state index contributed by atoms with van der Waals surface area (Å²) in [6.07, 6.45) is 2.29. The standard InChI is InChI=1S/C83H49F3N8/c84-83(85,86)63-42-52(50-87)41-62(45-63)78-76(93-72-33-29-58(64-25-13-37-89-79(64)54-17-5-1-6-18-54)46-68(72)69-47-59(30-34-73(69)93)65-26-14-38-90-80(65)55-19-7-2-8-20-55)43-53(51-88)44-77(78)94-74-35-31-60(66-27-15-39-91-81(66)56-21-9-3-10-22-56)48-70(74)71-49-61(32-36-75(71)94)67-28-16-40-92-82(67)57-23-11-4-12-24-57/h1-49H. The molecule has 0 aliphatic carbocycles. The Morgan fingerprint density at radius 2 is 0.585 bits per heavy atom. The van der Waals surface area contributed by atoms with Crippen LogP contribution < -0.4 is 0 Å². The number of rotatable bonds is 11. The molecule has 0 saturated heterocycles. The fourth-order valence-corrected chi connectivity index (χ4v) is 13.4. The maximum atomic E-state index is 15.6. The van der Waals surface area contributed by atoms with Gasteiger partial charge < -0.3 is 9.13 Å². The quantitative estimate of drug-likeness (QED) is 0.128. The topological polar surface area (TPSA) is 109 Å². The Labute approximate surface area is 538 Å². The molecule has 0 bridgehead atoms. The molecule has 0 fully saturated rings. The Hall–Kier alpha value is -12.8. The molecule has 10 aromatic carbocycles. The lowest BCUT2D eigenvalue weighted by atomic mass is 9.94. The van der Waals surface area contributed by atoms with Gasteiger partial charge in [-0.15, -0.1) is 0 Å². The number of pyridine rings is 4. The van der Waals surface area contributed by atoms with E-state index < -0.39 is 11.7 Å². The van der Waals surface area contributed by atoms with Gasteiger partial charge in [-0.05, 0) is 131 Å². The fraction of sp³-hybridized carbons (Fsp3) is 0.0120. The van der Waals surface area contributed by atoms with E-state index in [0.29, 0.717) is 39.0 Å². The number of benzene rings is 10. The maximum absolute atomic E-state index is 15.6. The van der Waals surface area contributed by atoms with Crippen molar-refractivity contribution >= 4 is 43.6 Å². The Morgan fingerprint density at radius 3 is 0.872 bits per heavy atom. The molecule has 94 heavy (non-hydrogen) atoms. The lowest BCUT2D eigenvalue weighted by Crippen LogP contribution is -2.08. The molecule has 6 aromatic heterocycles. The van der Waals surface area contributed by atoms with E-state index in [2.05, 4.69) is 69.8 Å². The number of fused-ring (bicyclic) bond motifs is 6. The van der Waals surface area contributed by atoms with E-state index in [1.807, 2.05) is 194 Å². The zero-order valence-electron chi connectivity index (χ0n) is 50.0. The van der Waals surface area contributed by atoms with Crippen LogP contribution in [-0.4, -0.2) is 29.1 Å². The minimum atomic E-state index is -4.85. The second-order valence-electron chi connectivity index (χ2n) is 23.1. The maximum Gasteiger partial charge on any atom is 0.416 e. The van der Waals surface area contributed by atoms with Crippen molar-refractivity contribution in [1.82, 2.24) is 29.1 Å². The van der Waals surface area contributed by atoms with Crippen molar-refractivity contribution in [3.8, 4) is 124 Å². The average molecular weight is 1220 g/mol. The van der Waals surface area contributed by atoms with E-state index in [-0.39, 0.29) is 16.7 Å². The molecule has 0 aliphatic rings. The Balaban J connectivity index is 1.02. The summed E-state index contributed by atoms with van der Waals surface area (Å²) in [5, 5.41) is 25.5. The van der Waals surface area contributed by atoms with Crippen molar-refractivity contribution in [3.63, 3.8) is 0 Å². The van der Waals surface area contributed by atoms with Crippen LogP contribution in [0.15, 0.2) is 298 Å². The molecule has 0 aliphatic heterocycles. The number of hydrogen-bond donors (Lipinski definition) is 0. The molecule has 0 saturated carbocycles. The Kier molecular flexibility index (Phi) is 13.9. The first-order valence-corrected chi connectivity index (χ1v) is 30.6. The molecule has 16 rings (SSSR count). The van der Waals surface area contributed by atoms with Crippen molar-refractivity contribution in [2.24, 2.45) is 0 Å². The third-order valence-electron chi connectivity index (χ3n) is 17.6. The summed E-state index contributed by atoms with van der Waals surface area (Å²) in [4.78, 5) is 19.6. The highest BCUT2D eigenvalue weighted by Crippen LogP contribution is 2.48. The highest BCUT2D eigenvalue weighted by molar-refractivity contribution is 6.15. The molecule has 16 aromatic rings. The minimum absolute atomic E-state index is 0.115. The molecule has 0 amide bonds. The van der Waals surface area contributed by atoms with E-state index in [1.165, 1.54) is 6.07 Å². The summed E-state index contributed by atoms with van der Waals surface area (Å²) in [5.74, 6) is 0. The van der Waals surface area contributed by atoms with Crippen LogP contribution in [0.1, 0.15) is 16.7 Å². The number of halogens is 3. The van der Waals surface area contributed by atoms with Crippen LogP contribution >= 0.6 is 0 Å². The summed E-state index contributed by atoms with van der Waals surface area (Å²) in [7, 11) is 0. The second kappa shape index (κ2) is 23.2. The van der Waals surface area contributed by atoms with E-state index in [4.69, 9.17) is 19.9 Å². The van der Waals surface area contributed by atoms with Crippen LogP contribution in [0.5, 0.6) is 0 Å². The van der Waals surface area contributed by atoms with Gasteiger partial charge in [-0.3, -0.25) is 19.9 Å². The normalized spacial score (nSPS) is 11.5. The van der Waals surface area contributed by atoms with E-state index in [1.54, 1.807) is 36.9 Å². The molecule has 8 nitrogen and oxygen atoms in total. The molecule has 0 radical (unpaired) electrons. The molecule has 0 N–H and O–H groups in total. The first-order valence-electron chi connectivity index (χ1n) is 30.6. The summed E-state index contributed by atoms with van der Waals surface area (Å²) in [6.45, 7) is 0. The van der Waals surface area contributed by atoms with E-state index >= 15 is 13.2 Å². The molecule has 442 valence electrons. The molecular weight excluding hydrogens is 1170 g/mol. The minimum Gasteiger partial charge on any atom is -0.308 e. The monoisotopic (exact) mass is 1210 g/mol. The SMILES string of the molecule is N#Cc1cc(-c2c(-n3c4ccc(-c5cccnc5-c5ccccc5)cc4c4cc(-c5cccnc5-c5ccccc5)ccc43)cc(C#N)cc2-n2c3ccc(-c4cccnc4-c4ccccc4)cc3c3cc(-c4cccnc4-c4ccccc4)ccc32)cc(C(F)(F)F)c1. The van der Waals surface area contributed by atoms with Crippen molar-refractivity contribution < 1.29 is 13.2 Å². The largest absolute Gasteiger partial charge is 0.416 e. The second-order valence-corrected chi connectivity index (χ2v) is 23.1. The molecule has 11 heteroatoms. The third kappa shape index (κ3) is 9.89. The zero-order valence-corrected chi connectivity index (χ0v) is 50.0. The van der Waals surface area contributed by atoms with Gasteiger partial charge in [0, 0.05) is 96.4 Å². The Morgan fingerprint density at radius 1 is 0.287 bits per heavy atom. The first kappa shape index (κ1) is 56.4. The highest BCUT2D eigenvalue weighted by atomic mass is 19.4. The van der Waals surface area contributed by atoms with Crippen molar-refractivity contribution in [2.75, 3.05) is 0 Å². The predicted octanol–water partition coefficient (Wildman–Crippen LogP) is 21.2. The summed E-state index contributed by atoms with van der Waals surface area (Å²) < 4.78 is 50.8. The van der Waals surface area contributed by atoms with Gasteiger partial charge in [0.05, 0.1) is 85.0 Å². The molecule has 0 atom stereocenters. The summed E-state index contributed by atoms with van der Waals surface area (Å²) in [6, 6.07) is 92.5.